The third-order valence-electron chi connectivity index (χ3n) is 4.83. The highest BCUT2D eigenvalue weighted by atomic mass is 32.2. The molecule has 3 aromatic rings. The summed E-state index contributed by atoms with van der Waals surface area (Å²) in [6.07, 6.45) is 6.58. The van der Waals surface area contributed by atoms with E-state index >= 15 is 0 Å². The van der Waals surface area contributed by atoms with E-state index in [2.05, 4.69) is 28.8 Å². The summed E-state index contributed by atoms with van der Waals surface area (Å²) in [5, 5.41) is 1.14. The third kappa shape index (κ3) is 3.84. The first-order valence-corrected chi connectivity index (χ1v) is 10.2. The molecule has 0 spiro atoms. The van der Waals surface area contributed by atoms with Crippen LogP contribution in [0.1, 0.15) is 38.1 Å². The molecule has 0 saturated heterocycles. The fourth-order valence-corrected chi connectivity index (χ4v) is 4.52. The first-order chi connectivity index (χ1) is 12.4. The number of rotatable bonds is 6. The summed E-state index contributed by atoms with van der Waals surface area (Å²) in [7, 11) is 0. The molecule has 2 aromatic carbocycles. The van der Waals surface area contributed by atoms with Gasteiger partial charge in [-0.25, -0.2) is 4.98 Å². The number of aromatic nitrogens is 2. The second-order valence-corrected chi connectivity index (χ2v) is 7.62. The van der Waals surface area contributed by atoms with Crippen LogP contribution in [0.4, 0.5) is 0 Å². The zero-order valence-electron chi connectivity index (χ0n) is 14.4. The molecule has 0 N–H and O–H groups in total. The molecule has 25 heavy (non-hydrogen) atoms. The average Bonchev–Trinajstić information content (AvgIpc) is 3.05. The molecule has 0 unspecified atom stereocenters. The van der Waals surface area contributed by atoms with Crippen LogP contribution in [-0.4, -0.2) is 21.9 Å². The highest BCUT2D eigenvalue weighted by Crippen LogP contribution is 2.35. The molecule has 1 fully saturated rings. The van der Waals surface area contributed by atoms with Gasteiger partial charge in [-0.1, -0.05) is 61.4 Å². The quantitative estimate of drug-likeness (QED) is 0.420. The van der Waals surface area contributed by atoms with E-state index in [0.717, 1.165) is 22.2 Å². The number of nitrogens with zero attached hydrogens (tertiary/aromatic N) is 2. The minimum absolute atomic E-state index is 0.596. The Kier molecular flexibility index (Phi) is 5.26. The van der Waals surface area contributed by atoms with Gasteiger partial charge in [-0.05, 0) is 37.1 Å². The second-order valence-electron chi connectivity index (χ2n) is 6.55. The molecule has 0 aliphatic heterocycles. The minimum Gasteiger partial charge on any atom is -0.493 e. The Bertz CT molecular complexity index is 809. The standard InChI is InChI=1S/C21H24N2OS/c1-3-9-17(10-4-1)23-20-14-8-7-13-19(20)22-21(23)25-16-15-24-18-11-5-2-6-12-18/h2,5-8,11-14,17H,1,3-4,9-10,15-16H2. The van der Waals surface area contributed by atoms with Gasteiger partial charge in [0.25, 0.3) is 0 Å². The Hall–Kier alpha value is -1.94. The van der Waals surface area contributed by atoms with Crippen molar-refractivity contribution >= 4 is 22.8 Å². The van der Waals surface area contributed by atoms with E-state index in [1.807, 2.05) is 42.1 Å². The van der Waals surface area contributed by atoms with Crippen molar-refractivity contribution in [1.29, 1.82) is 0 Å². The van der Waals surface area contributed by atoms with Crippen molar-refractivity contribution in [3.05, 3.63) is 54.6 Å². The van der Waals surface area contributed by atoms with Crippen LogP contribution in [-0.2, 0) is 0 Å². The lowest BCUT2D eigenvalue weighted by atomic mass is 9.95. The molecular formula is C21H24N2OS. The fourth-order valence-electron chi connectivity index (χ4n) is 3.63. The molecular weight excluding hydrogens is 328 g/mol. The summed E-state index contributed by atoms with van der Waals surface area (Å²) in [6.45, 7) is 0.697. The van der Waals surface area contributed by atoms with Crippen LogP contribution >= 0.6 is 11.8 Å². The van der Waals surface area contributed by atoms with Crippen LogP contribution in [0.25, 0.3) is 11.0 Å². The smallest absolute Gasteiger partial charge is 0.169 e. The van der Waals surface area contributed by atoms with Gasteiger partial charge in [0.05, 0.1) is 17.6 Å². The van der Waals surface area contributed by atoms with E-state index in [1.54, 1.807) is 0 Å². The first-order valence-electron chi connectivity index (χ1n) is 9.19. The predicted octanol–water partition coefficient (Wildman–Crippen LogP) is 5.71. The number of thioether (sulfide) groups is 1. The molecule has 1 heterocycles. The topological polar surface area (TPSA) is 27.1 Å². The summed E-state index contributed by atoms with van der Waals surface area (Å²) in [4.78, 5) is 4.90. The van der Waals surface area contributed by atoms with Gasteiger partial charge in [-0.3, -0.25) is 0 Å². The van der Waals surface area contributed by atoms with Crippen LogP contribution < -0.4 is 4.74 Å². The summed E-state index contributed by atoms with van der Waals surface area (Å²) in [5.41, 5.74) is 2.39. The highest BCUT2D eigenvalue weighted by molar-refractivity contribution is 7.99. The van der Waals surface area contributed by atoms with Crippen LogP contribution in [0.15, 0.2) is 59.8 Å². The van der Waals surface area contributed by atoms with Crippen molar-refractivity contribution in [2.24, 2.45) is 0 Å². The van der Waals surface area contributed by atoms with Gasteiger partial charge in [0.1, 0.15) is 5.75 Å². The number of hydrogen-bond acceptors (Lipinski definition) is 3. The van der Waals surface area contributed by atoms with Gasteiger partial charge in [0.2, 0.25) is 0 Å². The Balaban J connectivity index is 1.48. The molecule has 3 nitrogen and oxygen atoms in total. The van der Waals surface area contributed by atoms with Crippen molar-refractivity contribution < 1.29 is 4.74 Å². The maximum atomic E-state index is 5.83. The SMILES string of the molecule is c1ccc(OCCSc2nc3ccccc3n2C2CCCCC2)cc1. The number of hydrogen-bond donors (Lipinski definition) is 0. The van der Waals surface area contributed by atoms with Gasteiger partial charge in [-0.2, -0.15) is 0 Å². The van der Waals surface area contributed by atoms with E-state index < -0.39 is 0 Å². The zero-order chi connectivity index (χ0) is 16.9. The molecule has 1 aliphatic rings. The predicted molar refractivity (Wildman–Crippen MR) is 105 cm³/mol. The van der Waals surface area contributed by atoms with Gasteiger partial charge in [0, 0.05) is 11.8 Å². The third-order valence-corrected chi connectivity index (χ3v) is 5.75. The molecule has 0 atom stereocenters. The molecule has 4 heteroatoms. The zero-order valence-corrected chi connectivity index (χ0v) is 15.3. The molecule has 1 saturated carbocycles. The number of benzene rings is 2. The Morgan fingerprint density at radius 2 is 1.72 bits per heavy atom. The summed E-state index contributed by atoms with van der Waals surface area (Å²) < 4.78 is 8.32. The largest absolute Gasteiger partial charge is 0.493 e. The van der Waals surface area contributed by atoms with Crippen molar-refractivity contribution in [2.45, 2.75) is 43.3 Å². The number of imidazole rings is 1. The Morgan fingerprint density at radius 1 is 0.960 bits per heavy atom. The second kappa shape index (κ2) is 7.96. The normalized spacial score (nSPS) is 15.5. The van der Waals surface area contributed by atoms with Gasteiger partial charge >= 0.3 is 0 Å². The summed E-state index contributed by atoms with van der Waals surface area (Å²) in [5.74, 6) is 1.84. The molecule has 0 bridgehead atoms. The highest BCUT2D eigenvalue weighted by Gasteiger charge is 2.21. The monoisotopic (exact) mass is 352 g/mol. The minimum atomic E-state index is 0.596. The van der Waals surface area contributed by atoms with Crippen LogP contribution in [0.5, 0.6) is 5.75 Å². The van der Waals surface area contributed by atoms with Gasteiger partial charge in [-0.15, -0.1) is 0 Å². The lowest BCUT2D eigenvalue weighted by Gasteiger charge is -2.25. The number of fused-ring (bicyclic) bond motifs is 1. The maximum Gasteiger partial charge on any atom is 0.169 e. The average molecular weight is 353 g/mol. The van der Waals surface area contributed by atoms with E-state index in [1.165, 1.54) is 37.6 Å². The number of ether oxygens (including phenoxy) is 1. The van der Waals surface area contributed by atoms with E-state index in [4.69, 9.17) is 9.72 Å². The van der Waals surface area contributed by atoms with Crippen LogP contribution in [0.2, 0.25) is 0 Å². The van der Waals surface area contributed by atoms with Gasteiger partial charge in [0.15, 0.2) is 5.16 Å². The van der Waals surface area contributed by atoms with E-state index in [-0.39, 0.29) is 0 Å². The maximum absolute atomic E-state index is 5.83. The lowest BCUT2D eigenvalue weighted by molar-refractivity contribution is 0.339. The van der Waals surface area contributed by atoms with Crippen molar-refractivity contribution in [3.8, 4) is 5.75 Å². The molecule has 0 radical (unpaired) electrons. The molecule has 1 aliphatic carbocycles. The molecule has 130 valence electrons. The lowest BCUT2D eigenvalue weighted by Crippen LogP contribution is -2.14. The van der Waals surface area contributed by atoms with E-state index in [9.17, 15) is 0 Å². The van der Waals surface area contributed by atoms with Crippen molar-refractivity contribution in [1.82, 2.24) is 9.55 Å². The van der Waals surface area contributed by atoms with Crippen LogP contribution in [0, 0.1) is 0 Å². The van der Waals surface area contributed by atoms with Crippen molar-refractivity contribution in [2.75, 3.05) is 12.4 Å². The molecule has 4 rings (SSSR count). The molecule has 1 aromatic heterocycles. The Labute approximate surface area is 153 Å². The molecule has 0 amide bonds. The Morgan fingerprint density at radius 3 is 2.56 bits per heavy atom. The van der Waals surface area contributed by atoms with Crippen LogP contribution in [0.3, 0.4) is 0 Å². The summed E-state index contributed by atoms with van der Waals surface area (Å²) in [6, 6.07) is 19.2. The van der Waals surface area contributed by atoms with E-state index in [0.29, 0.717) is 12.6 Å². The van der Waals surface area contributed by atoms with Crippen molar-refractivity contribution in [3.63, 3.8) is 0 Å². The fraction of sp³-hybridized carbons (Fsp3) is 0.381. The van der Waals surface area contributed by atoms with Gasteiger partial charge < -0.3 is 9.30 Å². The summed E-state index contributed by atoms with van der Waals surface area (Å²) >= 11 is 1.81. The first kappa shape index (κ1) is 16.5. The number of para-hydroxylation sites is 3.